The predicted molar refractivity (Wildman–Crippen MR) is 79.8 cm³/mol. The van der Waals surface area contributed by atoms with E-state index in [0.717, 1.165) is 22.2 Å². The molecule has 0 atom stereocenters. The number of aromatic amines is 1. The van der Waals surface area contributed by atoms with Crippen molar-refractivity contribution in [3.63, 3.8) is 0 Å². The molecule has 0 spiro atoms. The summed E-state index contributed by atoms with van der Waals surface area (Å²) in [6.07, 6.45) is 1.93. The van der Waals surface area contributed by atoms with Gasteiger partial charge in [-0.05, 0) is 39.0 Å². The van der Waals surface area contributed by atoms with Crippen LogP contribution in [-0.2, 0) is 0 Å². The van der Waals surface area contributed by atoms with Crippen molar-refractivity contribution >= 4 is 10.9 Å². The van der Waals surface area contributed by atoms with E-state index in [1.807, 2.05) is 32.0 Å². The summed E-state index contributed by atoms with van der Waals surface area (Å²) in [5, 5.41) is 8.56. The molecule has 0 saturated heterocycles. The molecule has 0 bridgehead atoms. The topological polar surface area (TPSA) is 50.8 Å². The highest BCUT2D eigenvalue weighted by Crippen LogP contribution is 2.27. The highest BCUT2D eigenvalue weighted by molar-refractivity contribution is 5.93. The van der Waals surface area contributed by atoms with Crippen molar-refractivity contribution in [2.75, 3.05) is 0 Å². The van der Waals surface area contributed by atoms with Gasteiger partial charge in [-0.25, -0.2) is 4.98 Å². The van der Waals surface area contributed by atoms with Crippen LogP contribution >= 0.6 is 0 Å². The first-order valence-electron chi connectivity index (χ1n) is 6.71. The number of nitrogens with one attached hydrogen (secondary N) is 1. The molecule has 0 aliphatic rings. The molecule has 0 unspecified atom stereocenters. The number of benzene rings is 1. The summed E-state index contributed by atoms with van der Waals surface area (Å²) in [5.41, 5.74) is 4.16. The smallest absolute Gasteiger partial charge is 0.213 e. The van der Waals surface area contributed by atoms with Crippen LogP contribution in [0.4, 0.5) is 0 Å². The highest BCUT2D eigenvalue weighted by atomic mass is 16.5. The van der Waals surface area contributed by atoms with Gasteiger partial charge in [0.15, 0.2) is 0 Å². The van der Waals surface area contributed by atoms with Gasteiger partial charge < -0.3 is 4.74 Å². The monoisotopic (exact) mass is 267 g/mol. The van der Waals surface area contributed by atoms with Crippen LogP contribution in [0.15, 0.2) is 36.5 Å². The molecule has 20 heavy (non-hydrogen) atoms. The summed E-state index contributed by atoms with van der Waals surface area (Å²) in [6.45, 7) is 6.05. The third-order valence-corrected chi connectivity index (χ3v) is 3.08. The summed E-state index contributed by atoms with van der Waals surface area (Å²) in [5.74, 6) is 0.639. The predicted octanol–water partition coefficient (Wildman–Crippen LogP) is 3.72. The lowest BCUT2D eigenvalue weighted by molar-refractivity contribution is 0.232. The zero-order chi connectivity index (χ0) is 14.1. The van der Waals surface area contributed by atoms with Crippen molar-refractivity contribution < 1.29 is 4.74 Å². The third-order valence-electron chi connectivity index (χ3n) is 3.08. The average molecular weight is 267 g/mol. The van der Waals surface area contributed by atoms with Crippen LogP contribution in [0.5, 0.6) is 5.88 Å². The maximum atomic E-state index is 5.55. The lowest BCUT2D eigenvalue weighted by atomic mass is 10.1. The van der Waals surface area contributed by atoms with Gasteiger partial charge in [0, 0.05) is 23.2 Å². The summed E-state index contributed by atoms with van der Waals surface area (Å²) >= 11 is 0. The van der Waals surface area contributed by atoms with Crippen LogP contribution < -0.4 is 4.74 Å². The Balaban J connectivity index is 2.00. The molecule has 0 amide bonds. The third kappa shape index (κ3) is 2.37. The SMILES string of the molecule is Cc1ccc2[nH]nc(-c3ccc(OC(C)C)nc3)c2c1. The molecular weight excluding hydrogens is 250 g/mol. The Morgan fingerprint density at radius 1 is 1.15 bits per heavy atom. The molecule has 0 fully saturated rings. The van der Waals surface area contributed by atoms with Gasteiger partial charge >= 0.3 is 0 Å². The number of rotatable bonds is 3. The van der Waals surface area contributed by atoms with Crippen LogP contribution in [0.3, 0.4) is 0 Å². The average Bonchev–Trinajstić information content (AvgIpc) is 2.82. The highest BCUT2D eigenvalue weighted by Gasteiger charge is 2.09. The number of pyridine rings is 1. The van der Waals surface area contributed by atoms with Crippen molar-refractivity contribution in [1.82, 2.24) is 15.2 Å². The molecule has 0 radical (unpaired) electrons. The minimum Gasteiger partial charge on any atom is -0.475 e. The fraction of sp³-hybridized carbons (Fsp3) is 0.250. The number of H-pyrrole nitrogens is 1. The number of aryl methyl sites for hydroxylation is 1. The maximum Gasteiger partial charge on any atom is 0.213 e. The Labute approximate surface area is 117 Å². The van der Waals surface area contributed by atoms with E-state index in [-0.39, 0.29) is 6.10 Å². The van der Waals surface area contributed by atoms with Crippen molar-refractivity contribution in [2.45, 2.75) is 26.9 Å². The summed E-state index contributed by atoms with van der Waals surface area (Å²) in [4.78, 5) is 4.33. The summed E-state index contributed by atoms with van der Waals surface area (Å²) < 4.78 is 5.55. The zero-order valence-corrected chi connectivity index (χ0v) is 11.8. The lowest BCUT2D eigenvalue weighted by Gasteiger charge is -2.08. The largest absolute Gasteiger partial charge is 0.475 e. The molecule has 0 aliphatic carbocycles. The number of hydrogen-bond donors (Lipinski definition) is 1. The van der Waals surface area contributed by atoms with Crippen LogP contribution in [0.25, 0.3) is 22.2 Å². The molecule has 3 rings (SSSR count). The minimum absolute atomic E-state index is 0.127. The van der Waals surface area contributed by atoms with Gasteiger partial charge in [-0.2, -0.15) is 5.10 Å². The van der Waals surface area contributed by atoms with E-state index < -0.39 is 0 Å². The van der Waals surface area contributed by atoms with Crippen molar-refractivity contribution in [3.8, 4) is 17.1 Å². The van der Waals surface area contributed by atoms with Gasteiger partial charge in [-0.1, -0.05) is 11.6 Å². The second-order valence-electron chi connectivity index (χ2n) is 5.17. The van der Waals surface area contributed by atoms with E-state index in [2.05, 4.69) is 34.2 Å². The van der Waals surface area contributed by atoms with E-state index in [1.165, 1.54) is 5.56 Å². The van der Waals surface area contributed by atoms with Gasteiger partial charge in [0.25, 0.3) is 0 Å². The number of hydrogen-bond acceptors (Lipinski definition) is 3. The molecular formula is C16H17N3O. The Bertz CT molecular complexity index is 729. The van der Waals surface area contributed by atoms with Crippen molar-refractivity contribution in [1.29, 1.82) is 0 Å². The van der Waals surface area contributed by atoms with Gasteiger partial charge in [0.05, 0.1) is 11.6 Å². The Hall–Kier alpha value is -2.36. The first kappa shape index (κ1) is 12.7. The number of ether oxygens (including phenoxy) is 1. The molecule has 0 aliphatic heterocycles. The Morgan fingerprint density at radius 3 is 2.70 bits per heavy atom. The molecule has 1 aromatic carbocycles. The number of aromatic nitrogens is 3. The van der Waals surface area contributed by atoms with E-state index >= 15 is 0 Å². The van der Waals surface area contributed by atoms with Gasteiger partial charge in [0.2, 0.25) is 5.88 Å². The van der Waals surface area contributed by atoms with E-state index in [9.17, 15) is 0 Å². The fourth-order valence-electron chi connectivity index (χ4n) is 2.18. The second kappa shape index (κ2) is 4.96. The summed E-state index contributed by atoms with van der Waals surface area (Å²) in [6, 6.07) is 10.1. The van der Waals surface area contributed by atoms with Crippen molar-refractivity contribution in [2.24, 2.45) is 0 Å². The van der Waals surface area contributed by atoms with Gasteiger partial charge in [-0.15, -0.1) is 0 Å². The molecule has 4 heteroatoms. The number of fused-ring (bicyclic) bond motifs is 1. The molecule has 1 N–H and O–H groups in total. The van der Waals surface area contributed by atoms with Crippen LogP contribution in [0.1, 0.15) is 19.4 Å². The second-order valence-corrected chi connectivity index (χ2v) is 5.17. The van der Waals surface area contributed by atoms with Crippen LogP contribution in [-0.4, -0.2) is 21.3 Å². The molecule has 4 nitrogen and oxygen atoms in total. The minimum atomic E-state index is 0.127. The standard InChI is InChI=1S/C16H17N3O/c1-10(2)20-15-7-5-12(9-17-15)16-13-8-11(3)4-6-14(13)18-19-16/h4-10H,1-3H3,(H,18,19). The van der Waals surface area contributed by atoms with E-state index in [0.29, 0.717) is 5.88 Å². The van der Waals surface area contributed by atoms with Crippen LogP contribution in [0, 0.1) is 6.92 Å². The van der Waals surface area contributed by atoms with Crippen molar-refractivity contribution in [3.05, 3.63) is 42.1 Å². The maximum absolute atomic E-state index is 5.55. The van der Waals surface area contributed by atoms with E-state index in [4.69, 9.17) is 4.74 Å². The quantitative estimate of drug-likeness (QED) is 0.786. The Morgan fingerprint density at radius 2 is 2.00 bits per heavy atom. The molecule has 0 saturated carbocycles. The molecule has 3 aromatic rings. The molecule has 2 heterocycles. The first-order chi connectivity index (χ1) is 9.63. The van der Waals surface area contributed by atoms with E-state index in [1.54, 1.807) is 6.20 Å². The molecule has 2 aromatic heterocycles. The molecule has 102 valence electrons. The summed E-state index contributed by atoms with van der Waals surface area (Å²) in [7, 11) is 0. The Kier molecular flexibility index (Phi) is 3.14. The van der Waals surface area contributed by atoms with Gasteiger partial charge in [0.1, 0.15) is 5.69 Å². The fourth-order valence-corrected chi connectivity index (χ4v) is 2.18. The normalized spacial score (nSPS) is 11.2. The number of nitrogens with zero attached hydrogens (tertiary/aromatic N) is 2. The van der Waals surface area contributed by atoms with Crippen LogP contribution in [0.2, 0.25) is 0 Å². The van der Waals surface area contributed by atoms with Gasteiger partial charge in [-0.3, -0.25) is 5.10 Å². The first-order valence-corrected chi connectivity index (χ1v) is 6.71. The lowest BCUT2D eigenvalue weighted by Crippen LogP contribution is -2.06. The zero-order valence-electron chi connectivity index (χ0n) is 11.8.